The molecule has 0 aliphatic carbocycles. The highest BCUT2D eigenvalue weighted by Crippen LogP contribution is 2.31. The van der Waals surface area contributed by atoms with Crippen molar-refractivity contribution in [2.75, 3.05) is 21.3 Å². The number of hydrogen-bond donors (Lipinski definition) is 0. The quantitative estimate of drug-likeness (QED) is 0.356. The normalized spacial score (nSPS) is 11.5. The zero-order valence-corrected chi connectivity index (χ0v) is 18.4. The van der Waals surface area contributed by atoms with Crippen molar-refractivity contribution in [2.45, 2.75) is 0 Å². The molecule has 0 amide bonds. The van der Waals surface area contributed by atoms with Gasteiger partial charge in [-0.05, 0) is 54.6 Å². The molecule has 0 N–H and O–H groups in total. The molecule has 1 heterocycles. The molecule has 0 radical (unpaired) electrons. The molecule has 0 saturated heterocycles. The van der Waals surface area contributed by atoms with Crippen LogP contribution in [0.5, 0.6) is 17.2 Å². The van der Waals surface area contributed by atoms with Crippen molar-refractivity contribution in [3.8, 4) is 28.6 Å². The van der Waals surface area contributed by atoms with Crippen LogP contribution in [0.15, 0.2) is 80.6 Å². The Kier molecular flexibility index (Phi) is 5.77. The van der Waals surface area contributed by atoms with Crippen LogP contribution in [0.1, 0.15) is 0 Å². The van der Waals surface area contributed by atoms with Gasteiger partial charge < -0.3 is 18.6 Å². The lowest BCUT2D eigenvalue weighted by Crippen LogP contribution is -2.03. The van der Waals surface area contributed by atoms with Crippen molar-refractivity contribution in [3.05, 3.63) is 76.6 Å². The van der Waals surface area contributed by atoms with Crippen LogP contribution in [0.25, 0.3) is 22.3 Å². The van der Waals surface area contributed by atoms with E-state index in [0.29, 0.717) is 17.3 Å². The van der Waals surface area contributed by atoms with E-state index in [0.717, 1.165) is 37.8 Å². The predicted octanol–water partition coefficient (Wildman–Crippen LogP) is 6.12. The molecule has 0 aliphatic heterocycles. The monoisotopic (exact) mass is 465 g/mol. The average Bonchev–Trinajstić information content (AvgIpc) is 2.79. The molecular weight excluding hydrogens is 446 g/mol. The number of hydrogen-bond acceptors (Lipinski definition) is 5. The first-order valence-electron chi connectivity index (χ1n) is 9.26. The third-order valence-corrected chi connectivity index (χ3v) is 5.19. The van der Waals surface area contributed by atoms with Crippen LogP contribution < -0.4 is 19.6 Å². The van der Waals surface area contributed by atoms with E-state index in [9.17, 15) is 0 Å². The summed E-state index contributed by atoms with van der Waals surface area (Å²) < 4.78 is 23.1. The van der Waals surface area contributed by atoms with Crippen LogP contribution in [-0.4, -0.2) is 21.3 Å². The molecule has 152 valence electrons. The molecular formula is C24H20BrNO4. The van der Waals surface area contributed by atoms with E-state index in [4.69, 9.17) is 23.6 Å². The molecule has 0 fully saturated rings. The van der Waals surface area contributed by atoms with Gasteiger partial charge in [-0.15, -0.1) is 0 Å². The van der Waals surface area contributed by atoms with Crippen molar-refractivity contribution in [1.82, 2.24) is 0 Å². The second-order valence-electron chi connectivity index (χ2n) is 6.52. The average molecular weight is 466 g/mol. The van der Waals surface area contributed by atoms with Gasteiger partial charge in [0.25, 0.3) is 0 Å². The van der Waals surface area contributed by atoms with E-state index in [2.05, 4.69) is 15.9 Å². The molecule has 0 bridgehead atoms. The molecule has 30 heavy (non-hydrogen) atoms. The largest absolute Gasteiger partial charge is 0.497 e. The minimum atomic E-state index is 0.625. The zero-order valence-electron chi connectivity index (χ0n) is 16.8. The van der Waals surface area contributed by atoms with Gasteiger partial charge in [-0.2, -0.15) is 0 Å². The smallest absolute Gasteiger partial charge is 0.162 e. The molecule has 3 aromatic carbocycles. The lowest BCUT2D eigenvalue weighted by Gasteiger charge is -2.08. The minimum Gasteiger partial charge on any atom is -0.497 e. The molecule has 5 nitrogen and oxygen atoms in total. The van der Waals surface area contributed by atoms with Crippen molar-refractivity contribution in [3.63, 3.8) is 0 Å². The molecule has 1 aromatic heterocycles. The molecule has 0 aliphatic rings. The number of ether oxygens (including phenoxy) is 3. The summed E-state index contributed by atoms with van der Waals surface area (Å²) in [5.41, 5.74) is 2.43. The summed E-state index contributed by atoms with van der Waals surface area (Å²) in [5, 5.41) is 1.69. The van der Waals surface area contributed by atoms with Gasteiger partial charge in [0.1, 0.15) is 17.1 Å². The van der Waals surface area contributed by atoms with Crippen LogP contribution in [-0.2, 0) is 0 Å². The van der Waals surface area contributed by atoms with Gasteiger partial charge in [-0.25, -0.2) is 4.99 Å². The molecule has 4 rings (SSSR count). The summed E-state index contributed by atoms with van der Waals surface area (Å²) in [5.74, 6) is 2.79. The summed E-state index contributed by atoms with van der Waals surface area (Å²) in [6.07, 6.45) is 0. The first-order chi connectivity index (χ1) is 14.6. The van der Waals surface area contributed by atoms with Crippen LogP contribution in [0.4, 0.5) is 5.69 Å². The fourth-order valence-corrected chi connectivity index (χ4v) is 3.53. The van der Waals surface area contributed by atoms with Gasteiger partial charge >= 0.3 is 0 Å². The summed E-state index contributed by atoms with van der Waals surface area (Å²) >= 11 is 3.54. The fraction of sp³-hybridized carbons (Fsp3) is 0.125. The van der Waals surface area contributed by atoms with Gasteiger partial charge in [-0.3, -0.25) is 0 Å². The maximum Gasteiger partial charge on any atom is 0.162 e. The predicted molar refractivity (Wildman–Crippen MR) is 121 cm³/mol. The topological polar surface area (TPSA) is 53.2 Å². The summed E-state index contributed by atoms with van der Waals surface area (Å²) in [6.45, 7) is 0. The lowest BCUT2D eigenvalue weighted by atomic mass is 10.1. The van der Waals surface area contributed by atoms with E-state index in [-0.39, 0.29) is 0 Å². The van der Waals surface area contributed by atoms with Gasteiger partial charge in [0.15, 0.2) is 11.5 Å². The second-order valence-corrected chi connectivity index (χ2v) is 7.43. The van der Waals surface area contributed by atoms with Gasteiger partial charge in [0.2, 0.25) is 0 Å². The molecule has 0 spiro atoms. The summed E-state index contributed by atoms with van der Waals surface area (Å²) in [6, 6.07) is 21.1. The van der Waals surface area contributed by atoms with Gasteiger partial charge in [0, 0.05) is 27.6 Å². The molecule has 6 heteroatoms. The Morgan fingerprint density at radius 1 is 0.767 bits per heavy atom. The summed E-state index contributed by atoms with van der Waals surface area (Å²) in [4.78, 5) is 4.87. The third-order valence-electron chi connectivity index (χ3n) is 4.70. The van der Waals surface area contributed by atoms with Crippen LogP contribution in [0.3, 0.4) is 0 Å². The highest BCUT2D eigenvalue weighted by molar-refractivity contribution is 9.10. The summed E-state index contributed by atoms with van der Waals surface area (Å²) in [7, 11) is 4.87. The minimum absolute atomic E-state index is 0.625. The maximum atomic E-state index is 6.17. The van der Waals surface area contributed by atoms with E-state index >= 15 is 0 Å². The first-order valence-corrected chi connectivity index (χ1v) is 10.0. The zero-order chi connectivity index (χ0) is 21.1. The van der Waals surface area contributed by atoms with Crippen molar-refractivity contribution < 1.29 is 18.6 Å². The van der Waals surface area contributed by atoms with E-state index in [1.54, 1.807) is 21.3 Å². The number of fused-ring (bicyclic) bond motifs is 1. The first kappa shape index (κ1) is 20.0. The molecule has 0 atom stereocenters. The van der Waals surface area contributed by atoms with Crippen LogP contribution in [0, 0.1) is 0 Å². The van der Waals surface area contributed by atoms with E-state index in [1.807, 2.05) is 66.7 Å². The second kappa shape index (κ2) is 8.63. The maximum absolute atomic E-state index is 6.17. The van der Waals surface area contributed by atoms with Crippen molar-refractivity contribution >= 4 is 32.6 Å². The number of nitrogens with zero attached hydrogens (tertiary/aromatic N) is 1. The van der Waals surface area contributed by atoms with Gasteiger partial charge in [-0.1, -0.05) is 15.9 Å². The highest BCUT2D eigenvalue weighted by Gasteiger charge is 2.09. The van der Waals surface area contributed by atoms with E-state index in [1.165, 1.54) is 0 Å². The number of methoxy groups -OCH3 is 3. The number of benzene rings is 3. The van der Waals surface area contributed by atoms with Crippen LogP contribution >= 0.6 is 15.9 Å². The van der Waals surface area contributed by atoms with Crippen molar-refractivity contribution in [2.24, 2.45) is 4.99 Å². The highest BCUT2D eigenvalue weighted by atomic mass is 79.9. The third kappa shape index (κ3) is 4.04. The Bertz CT molecular complexity index is 1260. The number of rotatable bonds is 5. The van der Waals surface area contributed by atoms with Gasteiger partial charge in [0.05, 0.1) is 32.4 Å². The Hall–Kier alpha value is -3.25. The Morgan fingerprint density at radius 2 is 1.53 bits per heavy atom. The molecule has 4 aromatic rings. The number of halogens is 1. The van der Waals surface area contributed by atoms with Crippen molar-refractivity contribution in [1.29, 1.82) is 0 Å². The Balaban J connectivity index is 1.92. The Labute approximate surface area is 182 Å². The van der Waals surface area contributed by atoms with E-state index < -0.39 is 0 Å². The molecule has 0 unspecified atom stereocenters. The Morgan fingerprint density at radius 3 is 2.23 bits per heavy atom. The fourth-order valence-electron chi connectivity index (χ4n) is 3.16. The molecule has 0 saturated carbocycles. The van der Waals surface area contributed by atoms with Crippen LogP contribution in [0.2, 0.25) is 0 Å². The lowest BCUT2D eigenvalue weighted by molar-refractivity contribution is 0.355. The SMILES string of the molecule is COc1ccc(-c2cc(=Nc3ccc(OC)c(OC)c3)c3cc(Br)ccc3o2)cc1. The standard InChI is InChI=1S/C24H20BrNO4/c1-27-18-8-4-15(5-9-18)23-14-20(19-12-16(25)6-10-21(19)30-23)26-17-7-11-22(28-2)24(13-17)29-3/h4-14H,1-3H3.